The zero-order valence-corrected chi connectivity index (χ0v) is 18.8. The van der Waals surface area contributed by atoms with Crippen LogP contribution in [0, 0.1) is 0 Å². The molecule has 2 aromatic carbocycles. The zero-order chi connectivity index (χ0) is 22.0. The van der Waals surface area contributed by atoms with Crippen molar-refractivity contribution in [1.29, 1.82) is 0 Å². The number of para-hydroxylation sites is 1. The van der Waals surface area contributed by atoms with Crippen molar-refractivity contribution in [2.75, 3.05) is 19.4 Å². The van der Waals surface area contributed by atoms with Gasteiger partial charge in [-0.1, -0.05) is 24.3 Å². The number of rotatable bonds is 8. The second-order valence-electron chi connectivity index (χ2n) is 7.83. The maximum absolute atomic E-state index is 13.3. The van der Waals surface area contributed by atoms with Gasteiger partial charge in [-0.3, -0.25) is 9.89 Å². The molecule has 1 amide bonds. The lowest BCUT2D eigenvalue weighted by molar-refractivity contribution is 0.0601. The lowest BCUT2D eigenvalue weighted by atomic mass is 9.95. The highest BCUT2D eigenvalue weighted by molar-refractivity contribution is 7.98. The van der Waals surface area contributed by atoms with E-state index in [1.807, 2.05) is 37.1 Å². The van der Waals surface area contributed by atoms with Crippen LogP contribution in [0.25, 0.3) is 11.3 Å². The predicted octanol–water partition coefficient (Wildman–Crippen LogP) is 4.86. The smallest absolute Gasteiger partial charge is 0.273 e. The molecule has 1 aliphatic rings. The van der Waals surface area contributed by atoms with Gasteiger partial charge >= 0.3 is 0 Å². The SMILES string of the molecule is CSc1ccc(C2c3c(-c4ccccc4O)n[nH]c3C(=O)N2CCCOC(C)C)cc1. The van der Waals surface area contributed by atoms with Crippen molar-refractivity contribution < 1.29 is 14.6 Å². The number of aromatic nitrogens is 2. The number of ether oxygens (including phenoxy) is 1. The van der Waals surface area contributed by atoms with Crippen LogP contribution in [0.4, 0.5) is 0 Å². The second-order valence-corrected chi connectivity index (χ2v) is 8.71. The third-order valence-electron chi connectivity index (χ3n) is 5.45. The van der Waals surface area contributed by atoms with Gasteiger partial charge in [0, 0.05) is 29.2 Å². The third kappa shape index (κ3) is 4.20. The molecule has 0 aliphatic carbocycles. The minimum absolute atomic E-state index is 0.0762. The van der Waals surface area contributed by atoms with E-state index in [-0.39, 0.29) is 23.8 Å². The fraction of sp³-hybridized carbons (Fsp3) is 0.333. The minimum Gasteiger partial charge on any atom is -0.507 e. The molecule has 0 saturated heterocycles. The van der Waals surface area contributed by atoms with Crippen LogP contribution in [-0.4, -0.2) is 51.6 Å². The summed E-state index contributed by atoms with van der Waals surface area (Å²) in [5, 5.41) is 17.8. The van der Waals surface area contributed by atoms with Crippen molar-refractivity contribution in [3.05, 3.63) is 65.4 Å². The van der Waals surface area contributed by atoms with Gasteiger partial charge in [0.2, 0.25) is 0 Å². The molecule has 0 radical (unpaired) electrons. The summed E-state index contributed by atoms with van der Waals surface area (Å²) >= 11 is 1.68. The van der Waals surface area contributed by atoms with Crippen LogP contribution in [0.3, 0.4) is 0 Å². The molecule has 2 N–H and O–H groups in total. The predicted molar refractivity (Wildman–Crippen MR) is 122 cm³/mol. The Morgan fingerprint density at radius 3 is 2.61 bits per heavy atom. The highest BCUT2D eigenvalue weighted by Crippen LogP contribution is 2.44. The molecule has 2 heterocycles. The van der Waals surface area contributed by atoms with E-state index in [4.69, 9.17) is 4.74 Å². The number of aromatic amines is 1. The molecule has 0 bridgehead atoms. The van der Waals surface area contributed by atoms with Gasteiger partial charge in [0.15, 0.2) is 0 Å². The molecule has 4 rings (SSSR count). The molecule has 162 valence electrons. The normalized spacial score (nSPS) is 15.7. The van der Waals surface area contributed by atoms with Gasteiger partial charge in [0.25, 0.3) is 5.91 Å². The van der Waals surface area contributed by atoms with E-state index in [2.05, 4.69) is 34.5 Å². The Morgan fingerprint density at radius 1 is 1.19 bits per heavy atom. The number of benzene rings is 2. The Labute approximate surface area is 186 Å². The van der Waals surface area contributed by atoms with Crippen LogP contribution in [0.2, 0.25) is 0 Å². The maximum Gasteiger partial charge on any atom is 0.273 e. The van der Waals surface area contributed by atoms with Gasteiger partial charge in [0.1, 0.15) is 17.1 Å². The largest absolute Gasteiger partial charge is 0.507 e. The molecule has 7 heteroatoms. The Bertz CT molecular complexity index is 1060. The Kier molecular flexibility index (Phi) is 6.34. The van der Waals surface area contributed by atoms with Gasteiger partial charge in [-0.2, -0.15) is 5.10 Å². The van der Waals surface area contributed by atoms with Crippen LogP contribution in [0.5, 0.6) is 5.75 Å². The van der Waals surface area contributed by atoms with Crippen molar-refractivity contribution in [1.82, 2.24) is 15.1 Å². The van der Waals surface area contributed by atoms with Crippen LogP contribution in [-0.2, 0) is 4.74 Å². The molecule has 0 spiro atoms. The van der Waals surface area contributed by atoms with Gasteiger partial charge in [-0.15, -0.1) is 11.8 Å². The maximum atomic E-state index is 13.3. The van der Waals surface area contributed by atoms with E-state index in [0.29, 0.717) is 30.1 Å². The van der Waals surface area contributed by atoms with E-state index in [1.54, 1.807) is 23.9 Å². The van der Waals surface area contributed by atoms with Crippen molar-refractivity contribution in [2.24, 2.45) is 0 Å². The molecule has 0 saturated carbocycles. The Morgan fingerprint density at radius 2 is 1.94 bits per heavy atom. The summed E-state index contributed by atoms with van der Waals surface area (Å²) in [5.74, 6) is 0.0668. The Balaban J connectivity index is 1.74. The number of thioether (sulfide) groups is 1. The summed E-state index contributed by atoms with van der Waals surface area (Å²) in [6.45, 7) is 5.18. The first-order valence-electron chi connectivity index (χ1n) is 10.4. The first kappa shape index (κ1) is 21.5. The topological polar surface area (TPSA) is 78.5 Å². The lowest BCUT2D eigenvalue weighted by Gasteiger charge is -2.26. The van der Waals surface area contributed by atoms with E-state index in [1.165, 1.54) is 4.90 Å². The number of aromatic hydroxyl groups is 1. The summed E-state index contributed by atoms with van der Waals surface area (Å²) in [6, 6.07) is 15.1. The van der Waals surface area contributed by atoms with E-state index in [9.17, 15) is 9.90 Å². The van der Waals surface area contributed by atoms with Crippen LogP contribution < -0.4 is 0 Å². The van der Waals surface area contributed by atoms with Crippen molar-refractivity contribution in [3.8, 4) is 17.0 Å². The number of hydrogen-bond acceptors (Lipinski definition) is 5. The van der Waals surface area contributed by atoms with Gasteiger partial charge in [0.05, 0.1) is 12.1 Å². The molecule has 1 aliphatic heterocycles. The molecular weight excluding hydrogens is 410 g/mol. The number of amides is 1. The summed E-state index contributed by atoms with van der Waals surface area (Å²) in [5.41, 5.74) is 3.55. The highest BCUT2D eigenvalue weighted by atomic mass is 32.2. The number of hydrogen-bond donors (Lipinski definition) is 2. The Hall–Kier alpha value is -2.77. The first-order valence-corrected chi connectivity index (χ1v) is 11.7. The number of phenolic OH excluding ortho intramolecular Hbond substituents is 1. The number of fused-ring (bicyclic) bond motifs is 1. The van der Waals surface area contributed by atoms with Crippen molar-refractivity contribution in [2.45, 2.75) is 37.3 Å². The first-order chi connectivity index (χ1) is 15.0. The monoisotopic (exact) mass is 437 g/mol. The summed E-state index contributed by atoms with van der Waals surface area (Å²) in [4.78, 5) is 16.4. The molecule has 6 nitrogen and oxygen atoms in total. The van der Waals surface area contributed by atoms with E-state index >= 15 is 0 Å². The quantitative estimate of drug-likeness (QED) is 0.388. The molecule has 1 aromatic heterocycles. The van der Waals surface area contributed by atoms with Gasteiger partial charge in [-0.05, 0) is 56.4 Å². The van der Waals surface area contributed by atoms with E-state index < -0.39 is 0 Å². The van der Waals surface area contributed by atoms with Crippen molar-refractivity contribution in [3.63, 3.8) is 0 Å². The van der Waals surface area contributed by atoms with Gasteiger partial charge < -0.3 is 14.7 Å². The molecule has 31 heavy (non-hydrogen) atoms. The zero-order valence-electron chi connectivity index (χ0n) is 18.0. The number of carbonyl (C=O) groups is 1. The summed E-state index contributed by atoms with van der Waals surface area (Å²) in [6.07, 6.45) is 2.95. The average molecular weight is 438 g/mol. The fourth-order valence-electron chi connectivity index (χ4n) is 3.99. The summed E-state index contributed by atoms with van der Waals surface area (Å²) in [7, 11) is 0. The third-order valence-corrected chi connectivity index (χ3v) is 6.19. The lowest BCUT2D eigenvalue weighted by Crippen LogP contribution is -2.31. The number of nitrogens with one attached hydrogen (secondary N) is 1. The van der Waals surface area contributed by atoms with E-state index in [0.717, 1.165) is 17.5 Å². The molecule has 3 aromatic rings. The fourth-order valence-corrected chi connectivity index (χ4v) is 4.40. The number of H-pyrrole nitrogens is 1. The van der Waals surface area contributed by atoms with Crippen LogP contribution >= 0.6 is 11.8 Å². The number of nitrogens with zero attached hydrogens (tertiary/aromatic N) is 2. The van der Waals surface area contributed by atoms with Crippen LogP contribution in [0.1, 0.15) is 47.9 Å². The highest BCUT2D eigenvalue weighted by Gasteiger charge is 2.42. The average Bonchev–Trinajstić information content (AvgIpc) is 3.31. The number of phenols is 1. The molecule has 1 unspecified atom stereocenters. The summed E-state index contributed by atoms with van der Waals surface area (Å²) < 4.78 is 5.68. The molecule has 1 atom stereocenters. The number of carbonyl (C=O) groups excluding carboxylic acids is 1. The van der Waals surface area contributed by atoms with Crippen molar-refractivity contribution >= 4 is 17.7 Å². The van der Waals surface area contributed by atoms with Crippen LogP contribution in [0.15, 0.2) is 53.4 Å². The minimum atomic E-state index is -0.272. The molecular formula is C24H27N3O3S. The molecule has 0 fully saturated rings. The second kappa shape index (κ2) is 9.16. The van der Waals surface area contributed by atoms with Gasteiger partial charge in [-0.25, -0.2) is 0 Å². The standard InChI is InChI=1S/C24H27N3O3S/c1-15(2)30-14-6-13-27-23(16-9-11-17(31-3)12-10-16)20-21(25-26-22(20)24(27)29)18-7-4-5-8-19(18)28/h4-5,7-12,15,23,28H,6,13-14H2,1-3H3,(H,25,26).